The fourth-order valence-corrected chi connectivity index (χ4v) is 3.40. The highest BCUT2D eigenvalue weighted by Crippen LogP contribution is 2.31. The first-order chi connectivity index (χ1) is 15.0. The first-order valence-electron chi connectivity index (χ1n) is 9.75. The van der Waals surface area contributed by atoms with Crippen LogP contribution in [-0.4, -0.2) is 27.1 Å². The van der Waals surface area contributed by atoms with Crippen molar-refractivity contribution in [3.63, 3.8) is 0 Å². The van der Waals surface area contributed by atoms with Crippen LogP contribution in [0.5, 0.6) is 5.75 Å². The number of phenolic OH excluding ortho intramolecular Hbond substituents is 1. The summed E-state index contributed by atoms with van der Waals surface area (Å²) >= 11 is 0. The van der Waals surface area contributed by atoms with E-state index in [4.69, 9.17) is 5.11 Å². The van der Waals surface area contributed by atoms with Crippen LogP contribution in [0.1, 0.15) is 37.4 Å². The van der Waals surface area contributed by atoms with Gasteiger partial charge in [0, 0.05) is 36.3 Å². The standard InChI is InChI=1S/C25H20N2O4/c28-23-20(13-16-1-3-19(4-2-16)25(30)31)7-5-18-6-8-21(14-22(18)23)24(29)27-15-17-9-11-26-12-10-17/h1-12,14,28H,13,15H2,(H,27,29)(H,30,31). The van der Waals surface area contributed by atoms with E-state index in [-0.39, 0.29) is 17.2 Å². The van der Waals surface area contributed by atoms with Crippen molar-refractivity contribution in [2.45, 2.75) is 13.0 Å². The highest BCUT2D eigenvalue weighted by Gasteiger charge is 2.12. The minimum absolute atomic E-state index is 0.114. The summed E-state index contributed by atoms with van der Waals surface area (Å²) in [5.74, 6) is -1.09. The summed E-state index contributed by atoms with van der Waals surface area (Å²) in [4.78, 5) is 27.5. The molecule has 0 atom stereocenters. The number of aromatic nitrogens is 1. The largest absolute Gasteiger partial charge is 0.507 e. The second kappa shape index (κ2) is 8.67. The Morgan fingerprint density at radius 3 is 2.23 bits per heavy atom. The lowest BCUT2D eigenvalue weighted by Crippen LogP contribution is -2.22. The first kappa shape index (κ1) is 20.1. The molecule has 0 unspecified atom stereocenters. The molecule has 6 heteroatoms. The normalized spacial score (nSPS) is 10.7. The zero-order valence-corrected chi connectivity index (χ0v) is 16.6. The number of nitrogens with one attached hydrogen (secondary N) is 1. The Morgan fingerprint density at radius 1 is 0.839 bits per heavy atom. The van der Waals surface area contributed by atoms with Crippen molar-refractivity contribution < 1.29 is 19.8 Å². The number of hydrogen-bond acceptors (Lipinski definition) is 4. The highest BCUT2D eigenvalue weighted by atomic mass is 16.4. The molecule has 4 aromatic rings. The maximum Gasteiger partial charge on any atom is 0.335 e. The Hall–Kier alpha value is -4.19. The molecule has 1 aromatic heterocycles. The lowest BCUT2D eigenvalue weighted by molar-refractivity contribution is 0.0696. The lowest BCUT2D eigenvalue weighted by Gasteiger charge is -2.11. The molecule has 3 N–H and O–H groups in total. The summed E-state index contributed by atoms with van der Waals surface area (Å²) in [6.07, 6.45) is 3.79. The van der Waals surface area contributed by atoms with Crippen LogP contribution in [-0.2, 0) is 13.0 Å². The molecule has 0 aliphatic carbocycles. The van der Waals surface area contributed by atoms with Crippen LogP contribution in [0.15, 0.2) is 79.1 Å². The summed E-state index contributed by atoms with van der Waals surface area (Å²) in [5.41, 5.74) is 3.20. The molecule has 6 nitrogen and oxygen atoms in total. The Bertz CT molecular complexity index is 1250. The average molecular weight is 412 g/mol. The van der Waals surface area contributed by atoms with E-state index in [1.54, 1.807) is 48.8 Å². The number of carboxylic acid groups (broad SMARTS) is 1. The molecule has 0 radical (unpaired) electrons. The van der Waals surface area contributed by atoms with Gasteiger partial charge in [-0.15, -0.1) is 0 Å². The number of pyridine rings is 1. The molecule has 0 bridgehead atoms. The third-order valence-corrected chi connectivity index (χ3v) is 5.14. The molecular weight excluding hydrogens is 392 g/mol. The van der Waals surface area contributed by atoms with Crippen molar-refractivity contribution in [2.75, 3.05) is 0 Å². The topological polar surface area (TPSA) is 99.5 Å². The lowest BCUT2D eigenvalue weighted by atomic mass is 9.98. The first-order valence-corrected chi connectivity index (χ1v) is 9.75. The predicted octanol–water partition coefficient (Wildman–Crippen LogP) is 4.16. The van der Waals surface area contributed by atoms with Crippen molar-refractivity contribution >= 4 is 22.6 Å². The third kappa shape index (κ3) is 4.53. The predicted molar refractivity (Wildman–Crippen MR) is 117 cm³/mol. The van der Waals surface area contributed by atoms with E-state index in [0.29, 0.717) is 29.5 Å². The van der Waals surface area contributed by atoms with Gasteiger partial charge in [-0.05, 0) is 58.5 Å². The molecule has 154 valence electrons. The number of hydrogen-bond donors (Lipinski definition) is 3. The molecule has 0 spiro atoms. The molecule has 0 aliphatic heterocycles. The number of carbonyl (C=O) groups is 2. The molecule has 0 aliphatic rings. The Morgan fingerprint density at radius 2 is 1.52 bits per heavy atom. The van der Waals surface area contributed by atoms with Crippen LogP contribution < -0.4 is 5.32 Å². The fraction of sp³-hybridized carbons (Fsp3) is 0.0800. The Balaban J connectivity index is 1.56. The smallest absolute Gasteiger partial charge is 0.335 e. The number of rotatable bonds is 6. The van der Waals surface area contributed by atoms with Crippen LogP contribution in [0, 0.1) is 0 Å². The van der Waals surface area contributed by atoms with Gasteiger partial charge in [0.2, 0.25) is 0 Å². The molecule has 0 fully saturated rings. The number of aromatic hydroxyl groups is 1. The summed E-state index contributed by atoms with van der Waals surface area (Å²) in [7, 11) is 0. The average Bonchev–Trinajstić information content (AvgIpc) is 2.80. The van der Waals surface area contributed by atoms with Gasteiger partial charge >= 0.3 is 5.97 Å². The fourth-order valence-electron chi connectivity index (χ4n) is 3.40. The summed E-state index contributed by atoms with van der Waals surface area (Å²) in [6, 6.07) is 19.2. The van der Waals surface area contributed by atoms with Crippen molar-refractivity contribution in [2.24, 2.45) is 0 Å². The molecule has 1 heterocycles. The number of amides is 1. The maximum atomic E-state index is 12.6. The Labute approximate surface area is 178 Å². The number of benzene rings is 3. The van der Waals surface area contributed by atoms with Gasteiger partial charge in [-0.2, -0.15) is 0 Å². The second-order valence-corrected chi connectivity index (χ2v) is 7.23. The van der Waals surface area contributed by atoms with E-state index in [2.05, 4.69) is 10.3 Å². The number of carbonyl (C=O) groups excluding carboxylic acids is 1. The minimum atomic E-state index is -0.977. The van der Waals surface area contributed by atoms with Crippen LogP contribution in [0.25, 0.3) is 10.8 Å². The quantitative estimate of drug-likeness (QED) is 0.442. The molecule has 3 aromatic carbocycles. The van der Waals surface area contributed by atoms with Gasteiger partial charge in [0.15, 0.2) is 0 Å². The van der Waals surface area contributed by atoms with Crippen LogP contribution in [0.2, 0.25) is 0 Å². The van der Waals surface area contributed by atoms with E-state index in [1.807, 2.05) is 30.3 Å². The van der Waals surface area contributed by atoms with E-state index in [0.717, 1.165) is 16.5 Å². The minimum Gasteiger partial charge on any atom is -0.507 e. The van der Waals surface area contributed by atoms with E-state index >= 15 is 0 Å². The zero-order valence-electron chi connectivity index (χ0n) is 16.6. The van der Waals surface area contributed by atoms with Crippen molar-refractivity contribution in [3.05, 3.63) is 107 Å². The van der Waals surface area contributed by atoms with Gasteiger partial charge in [-0.1, -0.05) is 30.3 Å². The molecule has 31 heavy (non-hydrogen) atoms. The molecule has 0 saturated carbocycles. The number of nitrogens with zero attached hydrogens (tertiary/aromatic N) is 1. The number of fused-ring (bicyclic) bond motifs is 1. The summed E-state index contributed by atoms with van der Waals surface area (Å²) in [6.45, 7) is 0.387. The SMILES string of the molecule is O=C(O)c1ccc(Cc2ccc3ccc(C(=O)NCc4ccncc4)cc3c2O)cc1. The van der Waals surface area contributed by atoms with Gasteiger partial charge in [0.25, 0.3) is 5.91 Å². The van der Waals surface area contributed by atoms with E-state index < -0.39 is 5.97 Å². The van der Waals surface area contributed by atoms with Gasteiger partial charge in [-0.25, -0.2) is 4.79 Å². The van der Waals surface area contributed by atoms with Crippen molar-refractivity contribution in [1.29, 1.82) is 0 Å². The number of carboxylic acids is 1. The third-order valence-electron chi connectivity index (χ3n) is 5.14. The van der Waals surface area contributed by atoms with Gasteiger partial charge in [0.05, 0.1) is 5.56 Å². The Kier molecular flexibility index (Phi) is 5.62. The van der Waals surface area contributed by atoms with Crippen molar-refractivity contribution in [3.8, 4) is 5.75 Å². The molecule has 4 rings (SSSR count). The highest BCUT2D eigenvalue weighted by molar-refractivity contribution is 6.00. The molecule has 1 amide bonds. The van der Waals surface area contributed by atoms with Crippen LogP contribution in [0.3, 0.4) is 0 Å². The van der Waals surface area contributed by atoms with E-state index in [1.165, 1.54) is 0 Å². The zero-order chi connectivity index (χ0) is 21.8. The summed E-state index contributed by atoms with van der Waals surface area (Å²) in [5, 5.41) is 24.2. The second-order valence-electron chi connectivity index (χ2n) is 7.23. The van der Waals surface area contributed by atoms with Gasteiger partial charge in [0.1, 0.15) is 5.75 Å². The van der Waals surface area contributed by atoms with Crippen LogP contribution in [0.4, 0.5) is 0 Å². The summed E-state index contributed by atoms with van der Waals surface area (Å²) < 4.78 is 0. The van der Waals surface area contributed by atoms with Gasteiger partial charge < -0.3 is 15.5 Å². The monoisotopic (exact) mass is 412 g/mol. The van der Waals surface area contributed by atoms with Crippen molar-refractivity contribution in [1.82, 2.24) is 10.3 Å². The maximum absolute atomic E-state index is 12.6. The number of phenols is 1. The van der Waals surface area contributed by atoms with Gasteiger partial charge in [-0.3, -0.25) is 9.78 Å². The van der Waals surface area contributed by atoms with Crippen LogP contribution >= 0.6 is 0 Å². The molecular formula is C25H20N2O4. The number of aromatic carboxylic acids is 1. The molecule has 0 saturated heterocycles. The van der Waals surface area contributed by atoms with E-state index in [9.17, 15) is 14.7 Å².